The number of Topliss-reactive ketones (excluding diaryl/α,β-unsaturated/α-hetero) is 1. The van der Waals surface area contributed by atoms with Gasteiger partial charge in [0.05, 0.1) is 11.6 Å². The fraction of sp³-hybridized carbons (Fsp3) is 0.263. The number of carbonyl (C=O) groups is 2. The van der Waals surface area contributed by atoms with Crippen LogP contribution in [0.3, 0.4) is 0 Å². The highest BCUT2D eigenvalue weighted by atomic mass is 32.1. The number of nitrogens with zero attached hydrogens (tertiary/aromatic N) is 2. The quantitative estimate of drug-likeness (QED) is 0.497. The molecule has 1 fully saturated rings. The van der Waals surface area contributed by atoms with Crippen molar-refractivity contribution in [2.45, 2.75) is 6.04 Å². The minimum atomic E-state index is -0.719. The molecule has 2 aromatic rings. The molecule has 7 heteroatoms. The van der Waals surface area contributed by atoms with E-state index in [1.807, 2.05) is 36.5 Å². The Labute approximate surface area is 155 Å². The number of hydrogen-bond acceptors (Lipinski definition) is 5. The lowest BCUT2D eigenvalue weighted by Gasteiger charge is -2.25. The first-order valence-corrected chi connectivity index (χ1v) is 9.00. The summed E-state index contributed by atoms with van der Waals surface area (Å²) in [5.74, 6) is -2.07. The fourth-order valence-electron chi connectivity index (χ4n) is 2.92. The summed E-state index contributed by atoms with van der Waals surface area (Å²) in [6, 6.07) is 8.23. The Morgan fingerprint density at radius 1 is 1.23 bits per heavy atom. The third-order valence-corrected chi connectivity index (χ3v) is 5.18. The lowest BCUT2D eigenvalue weighted by atomic mass is 10.00. The zero-order chi connectivity index (χ0) is 18.8. The topological polar surface area (TPSA) is 60.9 Å². The zero-order valence-corrected chi connectivity index (χ0v) is 15.3. The van der Waals surface area contributed by atoms with Crippen molar-refractivity contribution in [2.75, 3.05) is 27.2 Å². The molecule has 1 aliphatic rings. The van der Waals surface area contributed by atoms with Gasteiger partial charge in [0.2, 0.25) is 0 Å². The van der Waals surface area contributed by atoms with E-state index in [-0.39, 0.29) is 11.3 Å². The van der Waals surface area contributed by atoms with Crippen LogP contribution >= 0.6 is 11.3 Å². The monoisotopic (exact) mass is 374 g/mol. The summed E-state index contributed by atoms with van der Waals surface area (Å²) in [4.78, 5) is 29.4. The first-order chi connectivity index (χ1) is 12.4. The van der Waals surface area contributed by atoms with Crippen LogP contribution in [-0.4, -0.2) is 53.8 Å². The molecular weight excluding hydrogens is 355 g/mol. The number of ketones is 1. The maximum Gasteiger partial charge on any atom is 0.295 e. The van der Waals surface area contributed by atoms with Crippen LogP contribution in [0.4, 0.5) is 4.39 Å². The van der Waals surface area contributed by atoms with Crippen molar-refractivity contribution in [3.63, 3.8) is 0 Å². The zero-order valence-electron chi connectivity index (χ0n) is 14.5. The summed E-state index contributed by atoms with van der Waals surface area (Å²) in [6.07, 6.45) is 0. The van der Waals surface area contributed by atoms with Crippen LogP contribution in [0.1, 0.15) is 16.5 Å². The van der Waals surface area contributed by atoms with E-state index >= 15 is 0 Å². The number of halogens is 1. The van der Waals surface area contributed by atoms with Gasteiger partial charge in [-0.2, -0.15) is 0 Å². The highest BCUT2D eigenvalue weighted by molar-refractivity contribution is 7.10. The van der Waals surface area contributed by atoms with Gasteiger partial charge in [0.1, 0.15) is 11.6 Å². The standard InChI is InChI=1S/C19H19FN2O3S/c1-21(2)9-10-22-16(14-4-3-11-26-14)15(18(24)19(22)25)17(23)12-5-7-13(20)8-6-12/h3-8,11,16,23H,9-10H2,1-2H3/b17-15-. The van der Waals surface area contributed by atoms with Crippen LogP contribution in [0.5, 0.6) is 0 Å². The second-order valence-corrected chi connectivity index (χ2v) is 7.30. The molecule has 1 aromatic heterocycles. The number of aliphatic hydroxyl groups is 1. The number of likely N-dealkylation sites (N-methyl/N-ethyl adjacent to an activating group) is 1. The Balaban J connectivity index is 2.09. The minimum Gasteiger partial charge on any atom is -0.507 e. The molecule has 1 aromatic carbocycles. The van der Waals surface area contributed by atoms with E-state index in [4.69, 9.17) is 0 Å². The first kappa shape index (κ1) is 18.3. The average Bonchev–Trinajstić information content (AvgIpc) is 3.21. The van der Waals surface area contributed by atoms with Crippen LogP contribution in [-0.2, 0) is 9.59 Å². The summed E-state index contributed by atoms with van der Waals surface area (Å²) < 4.78 is 13.2. The summed E-state index contributed by atoms with van der Waals surface area (Å²) in [5.41, 5.74) is 0.348. The normalized spacial score (nSPS) is 19.5. The van der Waals surface area contributed by atoms with Gasteiger partial charge < -0.3 is 14.9 Å². The van der Waals surface area contributed by atoms with Crippen LogP contribution in [0.25, 0.3) is 5.76 Å². The fourth-order valence-corrected chi connectivity index (χ4v) is 3.77. The second-order valence-electron chi connectivity index (χ2n) is 6.32. The van der Waals surface area contributed by atoms with Gasteiger partial charge in [-0.1, -0.05) is 6.07 Å². The molecule has 1 atom stereocenters. The van der Waals surface area contributed by atoms with Crippen molar-refractivity contribution >= 4 is 28.8 Å². The van der Waals surface area contributed by atoms with Crippen LogP contribution in [0.2, 0.25) is 0 Å². The van der Waals surface area contributed by atoms with Crippen molar-refractivity contribution in [3.8, 4) is 0 Å². The molecule has 0 aliphatic carbocycles. The molecule has 0 radical (unpaired) electrons. The third-order valence-electron chi connectivity index (χ3n) is 4.26. The molecule has 136 valence electrons. The van der Waals surface area contributed by atoms with Gasteiger partial charge in [0.15, 0.2) is 0 Å². The Kier molecular flexibility index (Phi) is 5.20. The van der Waals surface area contributed by atoms with Gasteiger partial charge in [-0.3, -0.25) is 9.59 Å². The first-order valence-electron chi connectivity index (χ1n) is 8.12. The van der Waals surface area contributed by atoms with E-state index in [0.717, 1.165) is 4.88 Å². The lowest BCUT2D eigenvalue weighted by molar-refractivity contribution is -0.140. The molecule has 0 saturated carbocycles. The molecule has 26 heavy (non-hydrogen) atoms. The minimum absolute atomic E-state index is 0.0443. The number of amides is 1. The van der Waals surface area contributed by atoms with Gasteiger partial charge >= 0.3 is 0 Å². The van der Waals surface area contributed by atoms with Crippen LogP contribution in [0.15, 0.2) is 47.4 Å². The van der Waals surface area contributed by atoms with E-state index < -0.39 is 23.5 Å². The van der Waals surface area contributed by atoms with Gasteiger partial charge in [-0.15, -0.1) is 11.3 Å². The van der Waals surface area contributed by atoms with Crippen LogP contribution in [0, 0.1) is 5.82 Å². The van der Waals surface area contributed by atoms with Crippen molar-refractivity contribution < 1.29 is 19.1 Å². The molecule has 3 rings (SSSR count). The molecule has 0 spiro atoms. The second kappa shape index (κ2) is 7.39. The van der Waals surface area contributed by atoms with E-state index in [1.165, 1.54) is 40.5 Å². The Morgan fingerprint density at radius 2 is 1.92 bits per heavy atom. The molecule has 0 bridgehead atoms. The number of benzene rings is 1. The molecule has 1 N–H and O–H groups in total. The molecule has 1 unspecified atom stereocenters. The van der Waals surface area contributed by atoms with Crippen molar-refractivity contribution in [3.05, 3.63) is 63.6 Å². The number of hydrogen-bond donors (Lipinski definition) is 1. The molecule has 1 aliphatic heterocycles. The van der Waals surface area contributed by atoms with Crippen molar-refractivity contribution in [1.82, 2.24) is 9.80 Å². The molecule has 5 nitrogen and oxygen atoms in total. The highest BCUT2D eigenvalue weighted by Crippen LogP contribution is 2.40. The molecular formula is C19H19FN2O3S. The maximum absolute atomic E-state index is 13.2. The third kappa shape index (κ3) is 3.40. The predicted molar refractivity (Wildman–Crippen MR) is 98.3 cm³/mol. The summed E-state index contributed by atoms with van der Waals surface area (Å²) in [6.45, 7) is 0.950. The largest absolute Gasteiger partial charge is 0.507 e. The van der Waals surface area contributed by atoms with E-state index in [0.29, 0.717) is 18.7 Å². The SMILES string of the molecule is CN(C)CCN1C(=O)C(=O)/C(=C(\O)c2ccc(F)cc2)C1c1cccs1. The van der Waals surface area contributed by atoms with Crippen molar-refractivity contribution in [2.24, 2.45) is 0 Å². The number of rotatable bonds is 5. The highest BCUT2D eigenvalue weighted by Gasteiger charge is 2.46. The molecule has 1 saturated heterocycles. The maximum atomic E-state index is 13.2. The summed E-state index contributed by atoms with van der Waals surface area (Å²) in [7, 11) is 3.77. The van der Waals surface area contributed by atoms with Gasteiger partial charge in [0.25, 0.3) is 11.7 Å². The molecule has 2 heterocycles. The van der Waals surface area contributed by atoms with Gasteiger partial charge in [0, 0.05) is 23.5 Å². The van der Waals surface area contributed by atoms with E-state index in [2.05, 4.69) is 0 Å². The van der Waals surface area contributed by atoms with Crippen LogP contribution < -0.4 is 0 Å². The Bertz CT molecular complexity index is 844. The smallest absolute Gasteiger partial charge is 0.295 e. The number of aliphatic hydroxyl groups excluding tert-OH is 1. The predicted octanol–water partition coefficient (Wildman–Crippen LogP) is 2.87. The van der Waals surface area contributed by atoms with Gasteiger partial charge in [-0.05, 0) is 49.8 Å². The Morgan fingerprint density at radius 3 is 2.50 bits per heavy atom. The van der Waals surface area contributed by atoms with Crippen molar-refractivity contribution in [1.29, 1.82) is 0 Å². The summed E-state index contributed by atoms with van der Waals surface area (Å²) in [5, 5.41) is 12.6. The van der Waals surface area contributed by atoms with E-state index in [9.17, 15) is 19.1 Å². The average molecular weight is 374 g/mol. The van der Waals surface area contributed by atoms with E-state index in [1.54, 1.807) is 0 Å². The number of carbonyl (C=O) groups excluding carboxylic acids is 2. The molecule has 1 amide bonds. The lowest BCUT2D eigenvalue weighted by Crippen LogP contribution is -2.35. The summed E-state index contributed by atoms with van der Waals surface area (Å²) >= 11 is 1.42. The Hall–Kier alpha value is -2.51. The van der Waals surface area contributed by atoms with Gasteiger partial charge in [-0.25, -0.2) is 4.39 Å². The number of likely N-dealkylation sites (tertiary alicyclic amines) is 1. The number of thiophene rings is 1.